The van der Waals surface area contributed by atoms with E-state index in [0.29, 0.717) is 32.4 Å². The molecule has 0 heterocycles. The molecule has 8 heteroatoms. The van der Waals surface area contributed by atoms with Gasteiger partial charge in [0, 0.05) is 37.1 Å². The highest BCUT2D eigenvalue weighted by molar-refractivity contribution is 5.83. The third-order valence-corrected chi connectivity index (χ3v) is 4.95. The lowest BCUT2D eigenvalue weighted by molar-refractivity contribution is -0.140. The van der Waals surface area contributed by atoms with Crippen molar-refractivity contribution in [3.05, 3.63) is 0 Å². The molecular formula is C24H47N3O5. The number of carbonyl (C=O) groups is 3. The average molecular weight is 458 g/mol. The lowest BCUT2D eigenvalue weighted by Crippen LogP contribution is -2.54. The Labute approximate surface area is 194 Å². The van der Waals surface area contributed by atoms with Crippen molar-refractivity contribution in [3.8, 4) is 0 Å². The summed E-state index contributed by atoms with van der Waals surface area (Å²) in [5.41, 5.74) is -1.57. The molecule has 1 atom stereocenters. The summed E-state index contributed by atoms with van der Waals surface area (Å²) in [5, 5.41) is 18.1. The Bertz CT molecular complexity index is 631. The van der Waals surface area contributed by atoms with Crippen molar-refractivity contribution < 1.29 is 24.2 Å². The van der Waals surface area contributed by atoms with Crippen LogP contribution >= 0.6 is 0 Å². The van der Waals surface area contributed by atoms with Crippen molar-refractivity contribution in [2.75, 3.05) is 19.7 Å². The van der Waals surface area contributed by atoms with Crippen LogP contribution in [-0.2, 0) is 19.1 Å². The molecule has 0 fully saturated rings. The molecule has 0 saturated carbocycles. The van der Waals surface area contributed by atoms with E-state index in [4.69, 9.17) is 4.74 Å². The van der Waals surface area contributed by atoms with E-state index in [1.807, 2.05) is 69.2 Å². The fourth-order valence-electron chi connectivity index (χ4n) is 2.97. The van der Waals surface area contributed by atoms with Gasteiger partial charge in [-0.2, -0.15) is 0 Å². The normalized spacial score (nSPS) is 14.1. The predicted octanol–water partition coefficient (Wildman–Crippen LogP) is 3.10. The van der Waals surface area contributed by atoms with E-state index >= 15 is 0 Å². The molecule has 1 unspecified atom stereocenters. The number of rotatable bonds is 13. The first-order valence-corrected chi connectivity index (χ1v) is 11.4. The van der Waals surface area contributed by atoms with E-state index in [9.17, 15) is 19.5 Å². The number of hydrogen-bond donors (Lipinski definition) is 4. The molecule has 0 aliphatic rings. The van der Waals surface area contributed by atoms with Crippen LogP contribution < -0.4 is 16.0 Å². The van der Waals surface area contributed by atoms with Gasteiger partial charge in [0.2, 0.25) is 11.8 Å². The van der Waals surface area contributed by atoms with Gasteiger partial charge in [-0.1, -0.05) is 34.6 Å². The zero-order valence-corrected chi connectivity index (χ0v) is 21.9. The third kappa shape index (κ3) is 14.4. The van der Waals surface area contributed by atoms with E-state index in [-0.39, 0.29) is 29.3 Å². The number of amides is 2. The molecule has 0 aliphatic carbocycles. The Balaban J connectivity index is 4.49. The SMILES string of the molecule is CC(C)(C)CC(=O)NCCC(C)(C)OCCC(C)(C)C(=O)NCC(NC(C)(C)C)C(=O)O. The smallest absolute Gasteiger partial charge is 0.322 e. The highest BCUT2D eigenvalue weighted by Gasteiger charge is 2.31. The van der Waals surface area contributed by atoms with Gasteiger partial charge in [-0.25, -0.2) is 0 Å². The fourth-order valence-corrected chi connectivity index (χ4v) is 2.97. The summed E-state index contributed by atoms with van der Waals surface area (Å²) in [6.45, 7) is 20.2. The second kappa shape index (κ2) is 12.0. The Morgan fingerprint density at radius 3 is 1.91 bits per heavy atom. The Morgan fingerprint density at radius 2 is 1.44 bits per heavy atom. The minimum Gasteiger partial charge on any atom is -0.480 e. The summed E-state index contributed by atoms with van der Waals surface area (Å²) in [5.74, 6) is -1.18. The van der Waals surface area contributed by atoms with Crippen molar-refractivity contribution in [3.63, 3.8) is 0 Å². The molecule has 32 heavy (non-hydrogen) atoms. The number of carboxylic acids is 1. The van der Waals surface area contributed by atoms with Crippen LogP contribution in [0.2, 0.25) is 0 Å². The minimum atomic E-state index is -1.00. The van der Waals surface area contributed by atoms with Crippen LogP contribution in [0.5, 0.6) is 0 Å². The van der Waals surface area contributed by atoms with E-state index in [1.165, 1.54) is 0 Å². The lowest BCUT2D eigenvalue weighted by Gasteiger charge is -2.30. The van der Waals surface area contributed by atoms with Crippen LogP contribution in [-0.4, -0.2) is 59.8 Å². The van der Waals surface area contributed by atoms with Gasteiger partial charge in [0.05, 0.1) is 5.60 Å². The van der Waals surface area contributed by atoms with E-state index in [2.05, 4.69) is 16.0 Å². The molecule has 2 amide bonds. The molecule has 0 saturated heterocycles. The summed E-state index contributed by atoms with van der Waals surface area (Å²) in [7, 11) is 0. The average Bonchev–Trinajstić information content (AvgIpc) is 2.54. The quantitative estimate of drug-likeness (QED) is 0.338. The first kappa shape index (κ1) is 30.3. The standard InChI is InChI=1S/C24H47N3O5/c1-21(2,3)15-18(28)25-13-11-24(9,10)32-14-12-23(7,8)20(31)26-16-17(19(29)30)27-22(4,5)6/h17,27H,11-16H2,1-10H3,(H,25,28)(H,26,31)(H,29,30). The van der Waals surface area contributed by atoms with Crippen LogP contribution in [0.15, 0.2) is 0 Å². The third-order valence-electron chi connectivity index (χ3n) is 4.95. The Hall–Kier alpha value is -1.67. The van der Waals surface area contributed by atoms with E-state index in [0.717, 1.165) is 0 Å². The Morgan fingerprint density at radius 1 is 0.875 bits per heavy atom. The van der Waals surface area contributed by atoms with Gasteiger partial charge in [-0.3, -0.25) is 19.7 Å². The number of carboxylic acid groups (broad SMARTS) is 1. The molecule has 0 spiro atoms. The topological polar surface area (TPSA) is 117 Å². The maximum absolute atomic E-state index is 12.6. The van der Waals surface area contributed by atoms with Crippen LogP contribution in [0.4, 0.5) is 0 Å². The molecule has 0 bridgehead atoms. The second-order valence-corrected chi connectivity index (χ2v) is 12.1. The summed E-state index contributed by atoms with van der Waals surface area (Å²) < 4.78 is 5.99. The molecule has 0 aromatic heterocycles. The van der Waals surface area contributed by atoms with Gasteiger partial charge in [0.25, 0.3) is 0 Å². The summed E-state index contributed by atoms with van der Waals surface area (Å²) in [4.78, 5) is 36.1. The van der Waals surface area contributed by atoms with Gasteiger partial charge in [0.1, 0.15) is 6.04 Å². The molecule has 0 radical (unpaired) electrons. The van der Waals surface area contributed by atoms with Gasteiger partial charge in [0.15, 0.2) is 0 Å². The molecule has 0 aliphatic heterocycles. The number of nitrogens with one attached hydrogen (secondary N) is 3. The van der Waals surface area contributed by atoms with Crippen LogP contribution in [0.1, 0.15) is 88.5 Å². The zero-order valence-electron chi connectivity index (χ0n) is 21.9. The maximum atomic E-state index is 12.6. The van der Waals surface area contributed by atoms with E-state index in [1.54, 1.807) is 0 Å². The number of aliphatic carboxylic acids is 1. The summed E-state index contributed by atoms with van der Waals surface area (Å²) in [6, 6.07) is -0.863. The molecular weight excluding hydrogens is 410 g/mol. The van der Waals surface area contributed by atoms with Crippen LogP contribution in [0.3, 0.4) is 0 Å². The van der Waals surface area contributed by atoms with Crippen molar-refractivity contribution in [2.24, 2.45) is 10.8 Å². The van der Waals surface area contributed by atoms with Crippen LogP contribution in [0.25, 0.3) is 0 Å². The number of ether oxygens (including phenoxy) is 1. The first-order chi connectivity index (χ1) is 14.2. The number of carbonyl (C=O) groups excluding carboxylic acids is 2. The molecule has 0 aromatic rings. The molecule has 4 N–H and O–H groups in total. The molecule has 0 aromatic carbocycles. The zero-order chi connectivity index (χ0) is 25.4. The highest BCUT2D eigenvalue weighted by Crippen LogP contribution is 2.23. The maximum Gasteiger partial charge on any atom is 0.322 e. The van der Waals surface area contributed by atoms with Crippen molar-refractivity contribution in [2.45, 2.75) is 106 Å². The molecule has 8 nitrogen and oxygen atoms in total. The molecule has 188 valence electrons. The second-order valence-electron chi connectivity index (χ2n) is 12.1. The lowest BCUT2D eigenvalue weighted by atomic mass is 9.88. The number of hydrogen-bond acceptors (Lipinski definition) is 5. The van der Waals surface area contributed by atoms with Crippen LogP contribution in [0, 0.1) is 10.8 Å². The summed E-state index contributed by atoms with van der Waals surface area (Å²) in [6.07, 6.45) is 1.63. The monoisotopic (exact) mass is 457 g/mol. The van der Waals surface area contributed by atoms with Gasteiger partial charge >= 0.3 is 5.97 Å². The predicted molar refractivity (Wildman–Crippen MR) is 127 cm³/mol. The fraction of sp³-hybridized carbons (Fsp3) is 0.875. The Kier molecular flexibility index (Phi) is 11.4. The van der Waals surface area contributed by atoms with Gasteiger partial charge in [-0.15, -0.1) is 0 Å². The van der Waals surface area contributed by atoms with Crippen molar-refractivity contribution in [1.82, 2.24) is 16.0 Å². The van der Waals surface area contributed by atoms with Gasteiger partial charge in [-0.05, 0) is 52.9 Å². The minimum absolute atomic E-state index is 0.00941. The summed E-state index contributed by atoms with van der Waals surface area (Å²) >= 11 is 0. The van der Waals surface area contributed by atoms with E-state index < -0.39 is 23.0 Å². The van der Waals surface area contributed by atoms with Crippen molar-refractivity contribution in [1.29, 1.82) is 0 Å². The largest absolute Gasteiger partial charge is 0.480 e. The van der Waals surface area contributed by atoms with Crippen molar-refractivity contribution >= 4 is 17.8 Å². The highest BCUT2D eigenvalue weighted by atomic mass is 16.5. The first-order valence-electron chi connectivity index (χ1n) is 11.4. The van der Waals surface area contributed by atoms with Gasteiger partial charge < -0.3 is 20.5 Å². The molecule has 0 rings (SSSR count).